The van der Waals surface area contributed by atoms with Gasteiger partial charge in [0.1, 0.15) is 11.6 Å². The van der Waals surface area contributed by atoms with Gasteiger partial charge >= 0.3 is 0 Å². The molecule has 2 rings (SSSR count). The maximum absolute atomic E-state index is 11.3. The number of anilines is 1. The highest BCUT2D eigenvalue weighted by Gasteiger charge is 2.27. The van der Waals surface area contributed by atoms with E-state index in [1.54, 1.807) is 6.92 Å². The van der Waals surface area contributed by atoms with Crippen molar-refractivity contribution >= 4 is 11.7 Å². The second-order valence-electron chi connectivity index (χ2n) is 5.07. The third kappa shape index (κ3) is 2.60. The van der Waals surface area contributed by atoms with Crippen molar-refractivity contribution < 1.29 is 4.79 Å². The van der Waals surface area contributed by atoms with Crippen LogP contribution in [0, 0.1) is 6.92 Å². The Kier molecular flexibility index (Phi) is 3.50. The maximum Gasteiger partial charge on any atom is 0.219 e. The fraction of sp³-hybridized carbons (Fsp3) is 0.615. The molecule has 0 saturated carbocycles. The van der Waals surface area contributed by atoms with Gasteiger partial charge in [0, 0.05) is 51.8 Å². The van der Waals surface area contributed by atoms with Crippen molar-refractivity contribution in [1.82, 2.24) is 14.9 Å². The van der Waals surface area contributed by atoms with Crippen LogP contribution >= 0.6 is 0 Å². The Bertz CT molecular complexity index is 458. The van der Waals surface area contributed by atoms with Crippen LogP contribution in [0.2, 0.25) is 0 Å². The van der Waals surface area contributed by atoms with E-state index in [1.165, 1.54) is 0 Å². The zero-order chi connectivity index (χ0) is 13.3. The number of hydrogen-bond donors (Lipinski definition) is 0. The number of aryl methyl sites for hydroxylation is 1. The third-order valence-electron chi connectivity index (χ3n) is 3.31. The van der Waals surface area contributed by atoms with Gasteiger partial charge in [-0.3, -0.25) is 4.79 Å². The van der Waals surface area contributed by atoms with Crippen molar-refractivity contribution in [3.05, 3.63) is 17.6 Å². The molecule has 5 heteroatoms. The average molecular weight is 248 g/mol. The highest BCUT2D eigenvalue weighted by Crippen LogP contribution is 2.26. The number of hydrogen-bond acceptors (Lipinski definition) is 4. The molecule has 0 bridgehead atoms. The van der Waals surface area contributed by atoms with E-state index in [0.717, 1.165) is 36.8 Å². The summed E-state index contributed by atoms with van der Waals surface area (Å²) in [5, 5.41) is 0. The van der Waals surface area contributed by atoms with Gasteiger partial charge in [0.15, 0.2) is 0 Å². The van der Waals surface area contributed by atoms with E-state index in [4.69, 9.17) is 0 Å². The fourth-order valence-corrected chi connectivity index (χ4v) is 2.24. The van der Waals surface area contributed by atoms with Gasteiger partial charge in [0.2, 0.25) is 5.91 Å². The molecule has 1 aromatic heterocycles. The summed E-state index contributed by atoms with van der Waals surface area (Å²) < 4.78 is 0. The van der Waals surface area contributed by atoms with E-state index in [9.17, 15) is 4.79 Å². The van der Waals surface area contributed by atoms with Crippen molar-refractivity contribution in [2.24, 2.45) is 0 Å². The van der Waals surface area contributed by atoms with Crippen LogP contribution in [0.15, 0.2) is 6.07 Å². The Morgan fingerprint density at radius 1 is 1.44 bits per heavy atom. The highest BCUT2D eigenvalue weighted by atomic mass is 16.2. The van der Waals surface area contributed by atoms with E-state index in [-0.39, 0.29) is 11.8 Å². The summed E-state index contributed by atoms with van der Waals surface area (Å²) in [4.78, 5) is 24.3. The van der Waals surface area contributed by atoms with Gasteiger partial charge in [0.25, 0.3) is 0 Å². The molecule has 1 aromatic rings. The first-order valence-corrected chi connectivity index (χ1v) is 6.26. The largest absolute Gasteiger partial charge is 0.363 e. The van der Waals surface area contributed by atoms with Crippen LogP contribution in [0.1, 0.15) is 30.8 Å². The lowest BCUT2D eigenvalue weighted by molar-refractivity contribution is -0.127. The predicted molar refractivity (Wildman–Crippen MR) is 70.7 cm³/mol. The molecule has 18 heavy (non-hydrogen) atoms. The summed E-state index contributed by atoms with van der Waals surface area (Å²) in [6.07, 6.45) is 0.954. The van der Waals surface area contributed by atoms with Crippen molar-refractivity contribution in [3.63, 3.8) is 0 Å². The van der Waals surface area contributed by atoms with Crippen molar-refractivity contribution in [3.8, 4) is 0 Å². The first-order chi connectivity index (χ1) is 8.47. The number of nitrogens with zero attached hydrogens (tertiary/aromatic N) is 4. The summed E-state index contributed by atoms with van der Waals surface area (Å²) in [6, 6.07) is 1.97. The Morgan fingerprint density at radius 3 is 2.72 bits per heavy atom. The highest BCUT2D eigenvalue weighted by molar-refractivity contribution is 5.73. The molecule has 1 fully saturated rings. The number of amides is 1. The van der Waals surface area contributed by atoms with Gasteiger partial charge in [-0.15, -0.1) is 0 Å². The molecule has 2 heterocycles. The van der Waals surface area contributed by atoms with E-state index in [1.807, 2.05) is 36.9 Å². The van der Waals surface area contributed by atoms with Gasteiger partial charge < -0.3 is 9.80 Å². The molecular formula is C13H20N4O. The maximum atomic E-state index is 11.3. The van der Waals surface area contributed by atoms with Crippen LogP contribution in [0.5, 0.6) is 0 Å². The zero-order valence-corrected chi connectivity index (χ0v) is 11.5. The first kappa shape index (κ1) is 12.8. The van der Waals surface area contributed by atoms with Crippen LogP contribution in [0.4, 0.5) is 5.82 Å². The lowest BCUT2D eigenvalue weighted by Crippen LogP contribution is -2.25. The lowest BCUT2D eigenvalue weighted by atomic mass is 10.1. The number of rotatable bonds is 2. The summed E-state index contributed by atoms with van der Waals surface area (Å²) in [6.45, 7) is 5.15. The SMILES string of the molecule is CC(=O)N1CCC(c2nc(C)cc(N(C)C)n2)C1. The second kappa shape index (κ2) is 4.92. The summed E-state index contributed by atoms with van der Waals surface area (Å²) >= 11 is 0. The second-order valence-corrected chi connectivity index (χ2v) is 5.07. The smallest absolute Gasteiger partial charge is 0.219 e. The van der Waals surface area contributed by atoms with E-state index >= 15 is 0 Å². The van der Waals surface area contributed by atoms with Gasteiger partial charge in [0.05, 0.1) is 0 Å². The zero-order valence-electron chi connectivity index (χ0n) is 11.5. The van der Waals surface area contributed by atoms with Gasteiger partial charge in [-0.25, -0.2) is 9.97 Å². The molecule has 5 nitrogen and oxygen atoms in total. The number of aromatic nitrogens is 2. The number of carbonyl (C=O) groups excluding carboxylic acids is 1. The molecule has 0 aliphatic carbocycles. The molecule has 1 atom stereocenters. The quantitative estimate of drug-likeness (QED) is 0.788. The van der Waals surface area contributed by atoms with Gasteiger partial charge in [-0.1, -0.05) is 0 Å². The number of carbonyl (C=O) groups is 1. The van der Waals surface area contributed by atoms with Crippen molar-refractivity contribution in [2.75, 3.05) is 32.1 Å². The van der Waals surface area contributed by atoms with Gasteiger partial charge in [-0.2, -0.15) is 0 Å². The molecule has 0 radical (unpaired) electrons. The topological polar surface area (TPSA) is 49.3 Å². The fourth-order valence-electron chi connectivity index (χ4n) is 2.24. The molecule has 1 amide bonds. The Hall–Kier alpha value is -1.65. The molecule has 1 aliphatic rings. The van der Waals surface area contributed by atoms with E-state index < -0.39 is 0 Å². The Labute approximate surface area is 108 Å². The van der Waals surface area contributed by atoms with Gasteiger partial charge in [-0.05, 0) is 13.3 Å². The minimum atomic E-state index is 0.137. The summed E-state index contributed by atoms with van der Waals surface area (Å²) in [5.41, 5.74) is 0.977. The van der Waals surface area contributed by atoms with Crippen molar-refractivity contribution in [2.45, 2.75) is 26.2 Å². The molecule has 0 N–H and O–H groups in total. The number of likely N-dealkylation sites (tertiary alicyclic amines) is 1. The first-order valence-electron chi connectivity index (χ1n) is 6.26. The average Bonchev–Trinajstić information content (AvgIpc) is 2.77. The molecule has 1 unspecified atom stereocenters. The normalized spacial score (nSPS) is 19.1. The van der Waals surface area contributed by atoms with Crippen LogP contribution in [0.25, 0.3) is 0 Å². The Balaban J connectivity index is 2.21. The van der Waals surface area contributed by atoms with Crippen LogP contribution in [-0.2, 0) is 4.79 Å². The molecule has 98 valence electrons. The minimum absolute atomic E-state index is 0.137. The monoisotopic (exact) mass is 248 g/mol. The lowest BCUT2D eigenvalue weighted by Gasteiger charge is -2.16. The van der Waals surface area contributed by atoms with Crippen LogP contribution < -0.4 is 4.90 Å². The Morgan fingerprint density at radius 2 is 2.17 bits per heavy atom. The van der Waals surface area contributed by atoms with Crippen molar-refractivity contribution in [1.29, 1.82) is 0 Å². The summed E-state index contributed by atoms with van der Waals surface area (Å²) in [7, 11) is 3.95. The summed E-state index contributed by atoms with van der Waals surface area (Å²) in [5.74, 6) is 2.20. The third-order valence-corrected chi connectivity index (χ3v) is 3.31. The molecule has 0 aromatic carbocycles. The van der Waals surface area contributed by atoms with Crippen LogP contribution in [0.3, 0.4) is 0 Å². The van der Waals surface area contributed by atoms with E-state index in [2.05, 4.69) is 9.97 Å². The van der Waals surface area contributed by atoms with E-state index in [0.29, 0.717) is 0 Å². The molecule has 1 aliphatic heterocycles. The predicted octanol–water partition coefficient (Wildman–Crippen LogP) is 1.19. The molecule has 0 spiro atoms. The van der Waals surface area contributed by atoms with Crippen LogP contribution in [-0.4, -0.2) is 48.0 Å². The molecular weight excluding hydrogens is 228 g/mol. The minimum Gasteiger partial charge on any atom is -0.363 e. The molecule has 1 saturated heterocycles. The standard InChI is InChI=1S/C13H20N4O/c1-9-7-12(16(3)4)15-13(14-9)11-5-6-17(8-11)10(2)18/h7,11H,5-6,8H2,1-4H3.